The van der Waals surface area contributed by atoms with Gasteiger partial charge < -0.3 is 10.3 Å². The number of aryl methyl sites for hydroxylation is 2. The van der Waals surface area contributed by atoms with E-state index in [-0.39, 0.29) is 0 Å². The maximum absolute atomic E-state index is 4.66. The molecule has 2 aromatic carbocycles. The Morgan fingerprint density at radius 2 is 1.86 bits per heavy atom. The van der Waals surface area contributed by atoms with Gasteiger partial charge in [-0.3, -0.25) is 0 Å². The van der Waals surface area contributed by atoms with Crippen molar-refractivity contribution in [2.75, 3.05) is 7.05 Å². The van der Waals surface area contributed by atoms with Gasteiger partial charge in [0.05, 0.1) is 11.0 Å². The van der Waals surface area contributed by atoms with Crippen LogP contribution < -0.4 is 5.32 Å². The van der Waals surface area contributed by atoms with E-state index >= 15 is 0 Å². The van der Waals surface area contributed by atoms with Gasteiger partial charge in [0.25, 0.3) is 0 Å². The number of imidazole rings is 1. The minimum atomic E-state index is 0.864. The number of fused-ring (bicyclic) bond motifs is 1. The van der Waals surface area contributed by atoms with Gasteiger partial charge in [0.1, 0.15) is 0 Å². The van der Waals surface area contributed by atoms with Crippen LogP contribution in [0.1, 0.15) is 16.7 Å². The summed E-state index contributed by atoms with van der Waals surface area (Å²) in [6.45, 7) is 5.08. The molecule has 3 rings (SSSR count). The summed E-state index contributed by atoms with van der Waals surface area (Å²) in [5.41, 5.74) is 5.95. The molecule has 0 aliphatic heterocycles. The topological polar surface area (TPSA) is 40.7 Å². The quantitative estimate of drug-likeness (QED) is 0.763. The van der Waals surface area contributed by atoms with Crippen LogP contribution in [-0.2, 0) is 6.54 Å². The standard InChI is InChI=1S/C17H19N3S/c1-11-5-7-16(13(8-11)10-18-3)21-17-19-14-6-4-12(2)9-15(14)20-17/h4-9,18H,10H2,1-3H3,(H,19,20). The van der Waals surface area contributed by atoms with Gasteiger partial charge in [-0.1, -0.05) is 35.5 Å². The molecule has 0 atom stereocenters. The molecule has 1 heterocycles. The third kappa shape index (κ3) is 3.12. The monoisotopic (exact) mass is 297 g/mol. The second-order valence-corrected chi connectivity index (χ2v) is 6.34. The molecule has 0 fully saturated rings. The van der Waals surface area contributed by atoms with Crippen LogP contribution in [0.25, 0.3) is 11.0 Å². The minimum absolute atomic E-state index is 0.864. The summed E-state index contributed by atoms with van der Waals surface area (Å²) in [4.78, 5) is 9.30. The van der Waals surface area contributed by atoms with Gasteiger partial charge in [-0.25, -0.2) is 4.98 Å². The van der Waals surface area contributed by atoms with Gasteiger partial charge in [0, 0.05) is 11.4 Å². The zero-order valence-corrected chi connectivity index (χ0v) is 13.3. The maximum Gasteiger partial charge on any atom is 0.171 e. The number of H-pyrrole nitrogens is 1. The molecule has 3 nitrogen and oxygen atoms in total. The molecule has 108 valence electrons. The van der Waals surface area contributed by atoms with Crippen molar-refractivity contribution in [1.29, 1.82) is 0 Å². The van der Waals surface area contributed by atoms with E-state index in [9.17, 15) is 0 Å². The lowest BCUT2D eigenvalue weighted by atomic mass is 10.1. The van der Waals surface area contributed by atoms with Gasteiger partial charge in [0.15, 0.2) is 5.16 Å². The molecular formula is C17H19N3S. The first-order valence-corrected chi connectivity index (χ1v) is 7.86. The fourth-order valence-electron chi connectivity index (χ4n) is 2.39. The molecule has 0 spiro atoms. The Kier molecular flexibility index (Phi) is 3.99. The Morgan fingerprint density at radius 3 is 2.67 bits per heavy atom. The Hall–Kier alpha value is -1.78. The molecule has 4 heteroatoms. The Labute approximate surface area is 129 Å². The lowest BCUT2D eigenvalue weighted by molar-refractivity contribution is 0.801. The van der Waals surface area contributed by atoms with Crippen molar-refractivity contribution in [3.63, 3.8) is 0 Å². The number of benzene rings is 2. The van der Waals surface area contributed by atoms with Crippen molar-refractivity contribution in [3.8, 4) is 0 Å². The number of hydrogen-bond donors (Lipinski definition) is 2. The fourth-order valence-corrected chi connectivity index (χ4v) is 3.30. The van der Waals surface area contributed by atoms with E-state index in [1.54, 1.807) is 11.8 Å². The number of rotatable bonds is 4. The SMILES string of the molecule is CNCc1cc(C)ccc1Sc1nc2ccc(C)cc2[nH]1. The molecule has 0 saturated carbocycles. The van der Waals surface area contributed by atoms with Crippen LogP contribution in [0.4, 0.5) is 0 Å². The van der Waals surface area contributed by atoms with Crippen LogP contribution in [0.5, 0.6) is 0 Å². The molecule has 0 saturated heterocycles. The number of aromatic amines is 1. The van der Waals surface area contributed by atoms with E-state index in [1.165, 1.54) is 21.6 Å². The highest BCUT2D eigenvalue weighted by molar-refractivity contribution is 7.99. The molecule has 0 amide bonds. The number of nitrogens with one attached hydrogen (secondary N) is 2. The first-order chi connectivity index (χ1) is 10.2. The summed E-state index contributed by atoms with van der Waals surface area (Å²) in [6.07, 6.45) is 0. The summed E-state index contributed by atoms with van der Waals surface area (Å²) in [7, 11) is 1.97. The highest BCUT2D eigenvalue weighted by Gasteiger charge is 2.08. The van der Waals surface area contributed by atoms with Crippen LogP contribution >= 0.6 is 11.8 Å². The Morgan fingerprint density at radius 1 is 1.10 bits per heavy atom. The van der Waals surface area contributed by atoms with Crippen molar-refractivity contribution in [3.05, 3.63) is 53.1 Å². The van der Waals surface area contributed by atoms with Crippen molar-refractivity contribution in [2.45, 2.75) is 30.4 Å². The van der Waals surface area contributed by atoms with Gasteiger partial charge >= 0.3 is 0 Å². The molecule has 1 aromatic heterocycles. The van der Waals surface area contributed by atoms with Gasteiger partial charge in [-0.15, -0.1) is 0 Å². The third-order valence-corrected chi connectivity index (χ3v) is 4.41. The summed E-state index contributed by atoms with van der Waals surface area (Å²) in [6, 6.07) is 12.8. The van der Waals surface area contributed by atoms with E-state index in [1.807, 2.05) is 7.05 Å². The van der Waals surface area contributed by atoms with Crippen molar-refractivity contribution in [2.24, 2.45) is 0 Å². The molecule has 21 heavy (non-hydrogen) atoms. The van der Waals surface area contributed by atoms with Crippen LogP contribution in [0.15, 0.2) is 46.5 Å². The van der Waals surface area contributed by atoms with E-state index in [4.69, 9.17) is 0 Å². The van der Waals surface area contributed by atoms with Gasteiger partial charge in [-0.2, -0.15) is 0 Å². The van der Waals surface area contributed by atoms with Crippen molar-refractivity contribution in [1.82, 2.24) is 15.3 Å². The molecule has 0 radical (unpaired) electrons. The van der Waals surface area contributed by atoms with E-state index < -0.39 is 0 Å². The highest BCUT2D eigenvalue weighted by atomic mass is 32.2. The zero-order valence-electron chi connectivity index (χ0n) is 12.5. The average Bonchev–Trinajstić information content (AvgIpc) is 2.83. The Bertz CT molecular complexity index is 777. The summed E-state index contributed by atoms with van der Waals surface area (Å²) >= 11 is 1.69. The molecule has 0 bridgehead atoms. The number of hydrogen-bond acceptors (Lipinski definition) is 3. The predicted octanol–water partition coefficient (Wildman–Crippen LogP) is 4.05. The zero-order chi connectivity index (χ0) is 14.8. The van der Waals surface area contributed by atoms with Crippen molar-refractivity contribution >= 4 is 22.8 Å². The second-order valence-electron chi connectivity index (χ2n) is 5.31. The maximum atomic E-state index is 4.66. The lowest BCUT2D eigenvalue weighted by Gasteiger charge is -2.08. The van der Waals surface area contributed by atoms with Crippen LogP contribution in [0.2, 0.25) is 0 Å². The number of nitrogens with zero attached hydrogens (tertiary/aromatic N) is 1. The normalized spacial score (nSPS) is 11.2. The van der Waals surface area contributed by atoms with Gasteiger partial charge in [-0.05, 0) is 50.2 Å². The largest absolute Gasteiger partial charge is 0.333 e. The number of aromatic nitrogens is 2. The highest BCUT2D eigenvalue weighted by Crippen LogP contribution is 2.30. The Balaban J connectivity index is 1.94. The van der Waals surface area contributed by atoms with E-state index in [0.29, 0.717) is 0 Å². The minimum Gasteiger partial charge on any atom is -0.333 e. The second kappa shape index (κ2) is 5.92. The molecule has 2 N–H and O–H groups in total. The van der Waals surface area contributed by atoms with Crippen molar-refractivity contribution < 1.29 is 0 Å². The predicted molar refractivity (Wildman–Crippen MR) is 88.9 cm³/mol. The first-order valence-electron chi connectivity index (χ1n) is 7.04. The van der Waals surface area contributed by atoms with Crippen LogP contribution in [-0.4, -0.2) is 17.0 Å². The third-order valence-electron chi connectivity index (χ3n) is 3.41. The van der Waals surface area contributed by atoms with Crippen LogP contribution in [0, 0.1) is 13.8 Å². The van der Waals surface area contributed by atoms with Gasteiger partial charge in [0.2, 0.25) is 0 Å². The van der Waals surface area contributed by atoms with E-state index in [0.717, 1.165) is 22.7 Å². The fraction of sp³-hybridized carbons (Fsp3) is 0.235. The first kappa shape index (κ1) is 14.2. The summed E-state index contributed by atoms with van der Waals surface area (Å²) < 4.78 is 0. The lowest BCUT2D eigenvalue weighted by Crippen LogP contribution is -2.06. The molecule has 0 aliphatic carbocycles. The molecule has 0 aliphatic rings. The molecular weight excluding hydrogens is 278 g/mol. The smallest absolute Gasteiger partial charge is 0.171 e. The van der Waals surface area contributed by atoms with E-state index in [2.05, 4.69) is 65.5 Å². The van der Waals surface area contributed by atoms with Crippen LogP contribution in [0.3, 0.4) is 0 Å². The molecule has 0 unspecified atom stereocenters. The molecule has 3 aromatic rings. The summed E-state index contributed by atoms with van der Waals surface area (Å²) in [5, 5.41) is 4.17. The summed E-state index contributed by atoms with van der Waals surface area (Å²) in [5.74, 6) is 0. The average molecular weight is 297 g/mol.